The Morgan fingerprint density at radius 1 is 1.33 bits per heavy atom. The molecule has 1 aromatic rings. The van der Waals surface area contributed by atoms with E-state index in [4.69, 9.17) is 5.73 Å². The first-order valence-corrected chi connectivity index (χ1v) is 5.69. The molecule has 84 valence electrons. The molecule has 0 aromatic carbocycles. The average molecular weight is 207 g/mol. The van der Waals surface area contributed by atoms with Gasteiger partial charge in [-0.25, -0.2) is 4.98 Å². The third kappa shape index (κ3) is 2.61. The van der Waals surface area contributed by atoms with Crippen LogP contribution in [0, 0.1) is 0 Å². The van der Waals surface area contributed by atoms with Gasteiger partial charge in [0.1, 0.15) is 11.6 Å². The van der Waals surface area contributed by atoms with Crippen LogP contribution >= 0.6 is 0 Å². The first-order chi connectivity index (χ1) is 7.24. The molecule has 0 aliphatic heterocycles. The van der Waals surface area contributed by atoms with E-state index in [1.165, 1.54) is 0 Å². The van der Waals surface area contributed by atoms with Crippen molar-refractivity contribution >= 4 is 5.82 Å². The van der Waals surface area contributed by atoms with Crippen LogP contribution in [0.3, 0.4) is 0 Å². The normalized spacial score (nSPS) is 10.5. The predicted octanol–water partition coefficient (Wildman–Crippen LogP) is 2.56. The van der Waals surface area contributed by atoms with Crippen molar-refractivity contribution in [1.29, 1.82) is 0 Å². The lowest BCUT2D eigenvalue weighted by molar-refractivity contribution is 0.723. The molecule has 0 aliphatic rings. The molecule has 1 aromatic heterocycles. The molecule has 0 fully saturated rings. The average Bonchev–Trinajstić information content (AvgIpc) is 2.49. The number of imidazole rings is 1. The van der Waals surface area contributed by atoms with Crippen LogP contribution in [0.25, 0.3) is 0 Å². The Morgan fingerprint density at radius 3 is 2.53 bits per heavy atom. The Bertz CT molecular complexity index is 326. The van der Waals surface area contributed by atoms with E-state index in [1.54, 1.807) is 0 Å². The van der Waals surface area contributed by atoms with Crippen LogP contribution < -0.4 is 5.73 Å². The molecule has 0 amide bonds. The van der Waals surface area contributed by atoms with E-state index in [0.29, 0.717) is 0 Å². The number of hydrogen-bond donors (Lipinski definition) is 1. The second-order valence-corrected chi connectivity index (χ2v) is 3.76. The number of nitrogens with two attached hydrogens (primary N) is 1. The molecule has 1 heterocycles. The number of aromatic nitrogens is 2. The number of allylic oxidation sites excluding steroid dienone is 1. The molecular formula is C12H21N3. The van der Waals surface area contributed by atoms with Crippen molar-refractivity contribution < 1.29 is 0 Å². The number of nitrogens with zero attached hydrogens (tertiary/aromatic N) is 2. The highest BCUT2D eigenvalue weighted by Crippen LogP contribution is 2.17. The van der Waals surface area contributed by atoms with Gasteiger partial charge in [0.15, 0.2) is 0 Å². The molecule has 0 bridgehead atoms. The maximum atomic E-state index is 6.06. The van der Waals surface area contributed by atoms with E-state index in [-0.39, 0.29) is 0 Å². The highest BCUT2D eigenvalue weighted by Gasteiger charge is 2.11. The molecule has 1 rings (SSSR count). The standard InChI is InChI=1S/C12H21N3/c1-4-7-10-12(13)15(9-6-3)11(14-10)8-5-2/h6H,3-5,7-9,13H2,1-2H3. The lowest BCUT2D eigenvalue weighted by Gasteiger charge is -2.05. The molecule has 3 nitrogen and oxygen atoms in total. The van der Waals surface area contributed by atoms with E-state index in [9.17, 15) is 0 Å². The van der Waals surface area contributed by atoms with Gasteiger partial charge in [0, 0.05) is 13.0 Å². The summed E-state index contributed by atoms with van der Waals surface area (Å²) < 4.78 is 2.07. The Hall–Kier alpha value is -1.25. The van der Waals surface area contributed by atoms with E-state index in [2.05, 4.69) is 30.0 Å². The number of rotatable bonds is 6. The summed E-state index contributed by atoms with van der Waals surface area (Å²) in [6.45, 7) is 8.81. The quantitative estimate of drug-likeness (QED) is 0.728. The SMILES string of the molecule is C=CCn1c(CCC)nc(CCC)c1N. The minimum Gasteiger partial charge on any atom is -0.384 e. The van der Waals surface area contributed by atoms with E-state index in [1.807, 2.05) is 6.08 Å². The first kappa shape index (κ1) is 11.8. The van der Waals surface area contributed by atoms with E-state index in [0.717, 1.165) is 49.6 Å². The first-order valence-electron chi connectivity index (χ1n) is 5.69. The lowest BCUT2D eigenvalue weighted by Crippen LogP contribution is -2.06. The van der Waals surface area contributed by atoms with E-state index >= 15 is 0 Å². The zero-order valence-corrected chi connectivity index (χ0v) is 9.79. The van der Waals surface area contributed by atoms with Gasteiger partial charge in [-0.1, -0.05) is 26.3 Å². The van der Waals surface area contributed by atoms with Crippen LogP contribution in [0.4, 0.5) is 5.82 Å². The predicted molar refractivity (Wildman–Crippen MR) is 64.8 cm³/mol. The molecule has 15 heavy (non-hydrogen) atoms. The molecule has 3 heteroatoms. The van der Waals surface area contributed by atoms with Crippen LogP contribution in [0.1, 0.15) is 38.2 Å². The monoisotopic (exact) mass is 207 g/mol. The lowest BCUT2D eigenvalue weighted by atomic mass is 10.2. The maximum Gasteiger partial charge on any atom is 0.127 e. The van der Waals surface area contributed by atoms with Crippen LogP contribution in [0.5, 0.6) is 0 Å². The van der Waals surface area contributed by atoms with Gasteiger partial charge in [0.2, 0.25) is 0 Å². The van der Waals surface area contributed by atoms with Crippen LogP contribution in [0.15, 0.2) is 12.7 Å². The van der Waals surface area contributed by atoms with Crippen molar-refractivity contribution in [3.05, 3.63) is 24.2 Å². The highest BCUT2D eigenvalue weighted by atomic mass is 15.1. The Balaban J connectivity index is 3.01. The van der Waals surface area contributed by atoms with E-state index < -0.39 is 0 Å². The van der Waals surface area contributed by atoms with Gasteiger partial charge < -0.3 is 10.3 Å². The van der Waals surface area contributed by atoms with Gasteiger partial charge in [-0.3, -0.25) is 0 Å². The summed E-state index contributed by atoms with van der Waals surface area (Å²) in [5.74, 6) is 1.92. The van der Waals surface area contributed by atoms with Crippen molar-refractivity contribution in [3.63, 3.8) is 0 Å². The summed E-state index contributed by atoms with van der Waals surface area (Å²) in [4.78, 5) is 4.60. The smallest absolute Gasteiger partial charge is 0.127 e. The molecule has 0 unspecified atom stereocenters. The summed E-state index contributed by atoms with van der Waals surface area (Å²) >= 11 is 0. The molecule has 0 spiro atoms. The van der Waals surface area contributed by atoms with Gasteiger partial charge in [-0.15, -0.1) is 6.58 Å². The van der Waals surface area contributed by atoms with Gasteiger partial charge in [0.25, 0.3) is 0 Å². The number of aryl methyl sites for hydroxylation is 2. The van der Waals surface area contributed by atoms with Crippen LogP contribution in [-0.2, 0) is 19.4 Å². The number of anilines is 1. The van der Waals surface area contributed by atoms with Gasteiger partial charge in [-0.2, -0.15) is 0 Å². The van der Waals surface area contributed by atoms with Crippen molar-refractivity contribution in [3.8, 4) is 0 Å². The Kier molecular flexibility index (Phi) is 4.40. The minimum atomic E-state index is 0.762. The molecule has 2 N–H and O–H groups in total. The second kappa shape index (κ2) is 5.59. The fourth-order valence-electron chi connectivity index (χ4n) is 1.74. The van der Waals surface area contributed by atoms with Crippen LogP contribution in [0.2, 0.25) is 0 Å². The van der Waals surface area contributed by atoms with Crippen LogP contribution in [-0.4, -0.2) is 9.55 Å². The third-order valence-electron chi connectivity index (χ3n) is 2.43. The zero-order chi connectivity index (χ0) is 11.3. The summed E-state index contributed by atoms with van der Waals surface area (Å²) in [5.41, 5.74) is 7.10. The summed E-state index contributed by atoms with van der Waals surface area (Å²) in [6, 6.07) is 0. The molecule has 0 saturated heterocycles. The number of hydrogen-bond acceptors (Lipinski definition) is 2. The van der Waals surface area contributed by atoms with Crippen molar-refractivity contribution in [2.24, 2.45) is 0 Å². The fraction of sp³-hybridized carbons (Fsp3) is 0.583. The van der Waals surface area contributed by atoms with Crippen molar-refractivity contribution in [1.82, 2.24) is 9.55 Å². The largest absolute Gasteiger partial charge is 0.384 e. The summed E-state index contributed by atoms with van der Waals surface area (Å²) in [7, 11) is 0. The molecule has 0 saturated carbocycles. The molecule has 0 radical (unpaired) electrons. The van der Waals surface area contributed by atoms with Crippen molar-refractivity contribution in [2.45, 2.75) is 46.1 Å². The topological polar surface area (TPSA) is 43.8 Å². The minimum absolute atomic E-state index is 0.762. The van der Waals surface area contributed by atoms with Gasteiger partial charge in [0.05, 0.1) is 5.69 Å². The maximum absolute atomic E-state index is 6.06. The Morgan fingerprint density at radius 2 is 2.00 bits per heavy atom. The highest BCUT2D eigenvalue weighted by molar-refractivity contribution is 5.38. The molecule has 0 atom stereocenters. The van der Waals surface area contributed by atoms with Crippen molar-refractivity contribution in [2.75, 3.05) is 5.73 Å². The Labute approximate surface area is 92.0 Å². The molecule has 0 aliphatic carbocycles. The third-order valence-corrected chi connectivity index (χ3v) is 2.43. The fourth-order valence-corrected chi connectivity index (χ4v) is 1.74. The number of nitrogen functional groups attached to an aromatic ring is 1. The summed E-state index contributed by atoms with van der Waals surface area (Å²) in [6.07, 6.45) is 6.00. The second-order valence-electron chi connectivity index (χ2n) is 3.76. The van der Waals surface area contributed by atoms with Gasteiger partial charge in [-0.05, 0) is 12.8 Å². The van der Waals surface area contributed by atoms with Gasteiger partial charge >= 0.3 is 0 Å². The summed E-state index contributed by atoms with van der Waals surface area (Å²) in [5, 5.41) is 0. The molecular weight excluding hydrogens is 186 g/mol. The zero-order valence-electron chi connectivity index (χ0n) is 9.79.